The molecule has 0 spiro atoms. The van der Waals surface area contributed by atoms with Crippen LogP contribution in [0.4, 0.5) is 0 Å². The van der Waals surface area contributed by atoms with Crippen molar-refractivity contribution in [1.82, 2.24) is 14.8 Å². The summed E-state index contributed by atoms with van der Waals surface area (Å²) in [6.07, 6.45) is 0. The quantitative estimate of drug-likeness (QED) is 0.907. The summed E-state index contributed by atoms with van der Waals surface area (Å²) in [6, 6.07) is 13.9. The number of carbonyl (C=O) groups excluding carboxylic acids is 2. The number of aromatic amines is 1. The predicted molar refractivity (Wildman–Crippen MR) is 89.5 cm³/mol. The lowest BCUT2D eigenvalue weighted by Gasteiger charge is -2.41. The van der Waals surface area contributed by atoms with Crippen LogP contribution in [0, 0.1) is 0 Å². The zero-order chi connectivity index (χ0) is 17.1. The second-order valence-electron chi connectivity index (χ2n) is 5.82. The second-order valence-corrected chi connectivity index (χ2v) is 5.82. The average Bonchev–Trinajstić information content (AvgIpc) is 2.61. The molecule has 6 heteroatoms. The van der Waals surface area contributed by atoms with E-state index in [1.54, 1.807) is 21.9 Å². The van der Waals surface area contributed by atoms with Crippen molar-refractivity contribution in [1.29, 1.82) is 0 Å². The zero-order valence-corrected chi connectivity index (χ0v) is 13.4. The van der Waals surface area contributed by atoms with E-state index in [2.05, 4.69) is 4.98 Å². The van der Waals surface area contributed by atoms with Gasteiger partial charge in [-0.05, 0) is 11.6 Å². The third-order valence-corrected chi connectivity index (χ3v) is 4.27. The molecule has 124 valence electrons. The Morgan fingerprint density at radius 1 is 1.04 bits per heavy atom. The fourth-order valence-corrected chi connectivity index (χ4v) is 3.00. The zero-order valence-electron chi connectivity index (χ0n) is 13.4. The molecule has 1 atom stereocenters. The van der Waals surface area contributed by atoms with E-state index in [4.69, 9.17) is 0 Å². The van der Waals surface area contributed by atoms with Gasteiger partial charge in [-0.1, -0.05) is 36.4 Å². The van der Waals surface area contributed by atoms with Gasteiger partial charge in [-0.2, -0.15) is 0 Å². The smallest absolute Gasteiger partial charge is 0.271 e. The highest BCUT2D eigenvalue weighted by Crippen LogP contribution is 2.26. The first kappa shape index (κ1) is 16.0. The summed E-state index contributed by atoms with van der Waals surface area (Å²) in [7, 11) is 0. The minimum Gasteiger partial charge on any atom is -0.339 e. The average molecular weight is 325 g/mol. The monoisotopic (exact) mass is 325 g/mol. The van der Waals surface area contributed by atoms with E-state index in [1.165, 1.54) is 13.0 Å². The van der Waals surface area contributed by atoms with E-state index in [-0.39, 0.29) is 29.1 Å². The molecule has 24 heavy (non-hydrogen) atoms. The van der Waals surface area contributed by atoms with Crippen LogP contribution in [-0.2, 0) is 4.79 Å². The summed E-state index contributed by atoms with van der Waals surface area (Å²) >= 11 is 0. The Morgan fingerprint density at radius 3 is 2.46 bits per heavy atom. The molecule has 1 aromatic heterocycles. The number of H-pyrrole nitrogens is 1. The van der Waals surface area contributed by atoms with Gasteiger partial charge in [-0.15, -0.1) is 0 Å². The summed E-state index contributed by atoms with van der Waals surface area (Å²) in [5, 5.41) is 0. The Balaban J connectivity index is 1.94. The molecule has 2 amide bonds. The maximum absolute atomic E-state index is 12.9. The number of carbonyl (C=O) groups is 2. The molecule has 1 aliphatic heterocycles. The number of nitrogens with zero attached hydrogens (tertiary/aromatic N) is 2. The SMILES string of the molecule is CC(=O)N1CCN(C(=O)c2cccc(=O)[nH]2)C(c2ccccc2)C1. The number of pyridine rings is 1. The van der Waals surface area contributed by atoms with Crippen LogP contribution in [-0.4, -0.2) is 46.2 Å². The van der Waals surface area contributed by atoms with Gasteiger partial charge in [0, 0.05) is 32.6 Å². The Bertz CT molecular complexity index is 800. The third kappa shape index (κ3) is 3.22. The number of hydrogen-bond donors (Lipinski definition) is 1. The number of aromatic nitrogens is 1. The van der Waals surface area contributed by atoms with Gasteiger partial charge in [0.1, 0.15) is 5.69 Å². The number of piperazine rings is 1. The van der Waals surface area contributed by atoms with E-state index in [0.717, 1.165) is 5.56 Å². The van der Waals surface area contributed by atoms with Crippen LogP contribution in [0.5, 0.6) is 0 Å². The van der Waals surface area contributed by atoms with Crippen LogP contribution in [0.25, 0.3) is 0 Å². The van der Waals surface area contributed by atoms with Crippen LogP contribution < -0.4 is 5.56 Å². The van der Waals surface area contributed by atoms with Gasteiger partial charge in [0.15, 0.2) is 0 Å². The predicted octanol–water partition coefficient (Wildman–Crippen LogP) is 1.42. The Morgan fingerprint density at radius 2 is 1.79 bits per heavy atom. The maximum Gasteiger partial charge on any atom is 0.271 e. The van der Waals surface area contributed by atoms with E-state index >= 15 is 0 Å². The lowest BCUT2D eigenvalue weighted by molar-refractivity contribution is -0.131. The van der Waals surface area contributed by atoms with Gasteiger partial charge in [0.05, 0.1) is 6.04 Å². The lowest BCUT2D eigenvalue weighted by Crippen LogP contribution is -2.52. The van der Waals surface area contributed by atoms with E-state index in [9.17, 15) is 14.4 Å². The first-order valence-electron chi connectivity index (χ1n) is 7.87. The van der Waals surface area contributed by atoms with Gasteiger partial charge in [-0.25, -0.2) is 0 Å². The molecule has 1 aromatic carbocycles. The maximum atomic E-state index is 12.9. The van der Waals surface area contributed by atoms with Gasteiger partial charge in [0.2, 0.25) is 11.5 Å². The van der Waals surface area contributed by atoms with Crippen molar-refractivity contribution >= 4 is 11.8 Å². The standard InChI is InChI=1S/C18H19N3O3/c1-13(22)20-10-11-21(16(12-20)14-6-3-2-4-7-14)18(24)15-8-5-9-17(23)19-15/h2-9,16H,10-12H2,1H3,(H,19,23). The molecular formula is C18H19N3O3. The number of benzene rings is 1. The topological polar surface area (TPSA) is 73.5 Å². The Kier molecular flexibility index (Phi) is 4.46. The summed E-state index contributed by atoms with van der Waals surface area (Å²) < 4.78 is 0. The molecule has 2 aromatic rings. The van der Waals surface area contributed by atoms with E-state index in [1.807, 2.05) is 30.3 Å². The van der Waals surface area contributed by atoms with Crippen molar-refractivity contribution in [2.24, 2.45) is 0 Å². The van der Waals surface area contributed by atoms with Gasteiger partial charge in [0.25, 0.3) is 5.91 Å². The molecule has 1 unspecified atom stereocenters. The van der Waals surface area contributed by atoms with Crippen LogP contribution in [0.15, 0.2) is 53.3 Å². The highest BCUT2D eigenvalue weighted by molar-refractivity contribution is 5.92. The fraction of sp³-hybridized carbons (Fsp3) is 0.278. The molecular weight excluding hydrogens is 306 g/mol. The van der Waals surface area contributed by atoms with Crippen molar-refractivity contribution in [2.45, 2.75) is 13.0 Å². The van der Waals surface area contributed by atoms with Crippen molar-refractivity contribution in [3.63, 3.8) is 0 Å². The van der Waals surface area contributed by atoms with Crippen LogP contribution in [0.3, 0.4) is 0 Å². The second kappa shape index (κ2) is 6.70. The Labute approximate surface area is 139 Å². The number of hydrogen-bond acceptors (Lipinski definition) is 3. The van der Waals surface area contributed by atoms with Crippen molar-refractivity contribution < 1.29 is 9.59 Å². The molecule has 1 aliphatic rings. The van der Waals surface area contributed by atoms with Crippen LogP contribution >= 0.6 is 0 Å². The highest BCUT2D eigenvalue weighted by atomic mass is 16.2. The van der Waals surface area contributed by atoms with Crippen molar-refractivity contribution in [3.05, 3.63) is 70.1 Å². The van der Waals surface area contributed by atoms with Crippen molar-refractivity contribution in [2.75, 3.05) is 19.6 Å². The van der Waals surface area contributed by atoms with Crippen LogP contribution in [0.1, 0.15) is 29.0 Å². The molecule has 2 heterocycles. The Hall–Kier alpha value is -2.89. The molecule has 0 aliphatic carbocycles. The van der Waals surface area contributed by atoms with E-state index in [0.29, 0.717) is 19.6 Å². The number of rotatable bonds is 2. The molecule has 1 saturated heterocycles. The van der Waals surface area contributed by atoms with Crippen molar-refractivity contribution in [3.8, 4) is 0 Å². The summed E-state index contributed by atoms with van der Waals surface area (Å²) in [5.74, 6) is -0.235. The molecule has 1 fully saturated rings. The van der Waals surface area contributed by atoms with E-state index < -0.39 is 0 Å². The summed E-state index contributed by atoms with van der Waals surface area (Å²) in [6.45, 7) is 2.90. The first-order valence-corrected chi connectivity index (χ1v) is 7.87. The van der Waals surface area contributed by atoms with Gasteiger partial charge < -0.3 is 14.8 Å². The molecule has 1 N–H and O–H groups in total. The minimum absolute atomic E-state index is 0.00357. The highest BCUT2D eigenvalue weighted by Gasteiger charge is 2.33. The number of nitrogens with one attached hydrogen (secondary N) is 1. The fourth-order valence-electron chi connectivity index (χ4n) is 3.00. The molecule has 0 radical (unpaired) electrons. The normalized spacial score (nSPS) is 17.6. The minimum atomic E-state index is -0.306. The first-order chi connectivity index (χ1) is 11.6. The van der Waals surface area contributed by atoms with Gasteiger partial charge >= 0.3 is 0 Å². The molecule has 0 bridgehead atoms. The van der Waals surface area contributed by atoms with Crippen LogP contribution in [0.2, 0.25) is 0 Å². The number of amides is 2. The molecule has 3 rings (SSSR count). The van der Waals surface area contributed by atoms with Gasteiger partial charge in [-0.3, -0.25) is 14.4 Å². The lowest BCUT2D eigenvalue weighted by atomic mass is 10.0. The largest absolute Gasteiger partial charge is 0.339 e. The molecule has 0 saturated carbocycles. The third-order valence-electron chi connectivity index (χ3n) is 4.27. The molecule has 6 nitrogen and oxygen atoms in total. The summed E-state index contributed by atoms with van der Waals surface area (Å²) in [5.41, 5.74) is 0.925. The summed E-state index contributed by atoms with van der Waals surface area (Å²) in [4.78, 5) is 42.1.